The molecule has 1 aromatic rings. The molecule has 104 valence electrons. The van der Waals surface area contributed by atoms with E-state index in [9.17, 15) is 5.11 Å². The van der Waals surface area contributed by atoms with Crippen molar-refractivity contribution in [2.45, 2.75) is 32.9 Å². The van der Waals surface area contributed by atoms with Gasteiger partial charge in [0.2, 0.25) is 0 Å². The molecule has 0 aliphatic rings. The summed E-state index contributed by atoms with van der Waals surface area (Å²) in [6.07, 6.45) is -0.563. The molecule has 19 heavy (non-hydrogen) atoms. The number of benzene rings is 1. The van der Waals surface area contributed by atoms with E-state index in [0.717, 1.165) is 0 Å². The van der Waals surface area contributed by atoms with E-state index in [2.05, 4.69) is 32.2 Å². The van der Waals surface area contributed by atoms with E-state index in [1.54, 1.807) is 24.3 Å². The van der Waals surface area contributed by atoms with Gasteiger partial charge in [-0.2, -0.15) is 5.26 Å². The second kappa shape index (κ2) is 7.78. The molecule has 0 fully saturated rings. The summed E-state index contributed by atoms with van der Waals surface area (Å²) in [4.78, 5) is 0. The van der Waals surface area contributed by atoms with Crippen LogP contribution in [0.3, 0.4) is 0 Å². The average Bonchev–Trinajstić information content (AvgIpc) is 2.42. The molecular formula is C15H22N2O2. The van der Waals surface area contributed by atoms with E-state index in [-0.39, 0.29) is 6.61 Å². The van der Waals surface area contributed by atoms with Crippen LogP contribution in [0.4, 0.5) is 0 Å². The van der Waals surface area contributed by atoms with Gasteiger partial charge in [0.1, 0.15) is 18.5 Å². The van der Waals surface area contributed by atoms with Crippen molar-refractivity contribution in [1.29, 1.82) is 5.26 Å². The van der Waals surface area contributed by atoms with E-state index in [1.807, 2.05) is 0 Å². The van der Waals surface area contributed by atoms with Gasteiger partial charge >= 0.3 is 0 Å². The number of hydrogen-bond donors (Lipinski definition) is 2. The monoisotopic (exact) mass is 262 g/mol. The number of nitriles is 1. The van der Waals surface area contributed by atoms with Crippen molar-refractivity contribution in [3.63, 3.8) is 0 Å². The number of aliphatic hydroxyl groups is 1. The van der Waals surface area contributed by atoms with Crippen LogP contribution >= 0.6 is 0 Å². The Morgan fingerprint density at radius 2 is 2.11 bits per heavy atom. The maximum Gasteiger partial charge on any atom is 0.120 e. The van der Waals surface area contributed by atoms with Crippen LogP contribution in [-0.2, 0) is 0 Å². The number of ether oxygens (including phenoxy) is 1. The van der Waals surface area contributed by atoms with Crippen LogP contribution in [0.15, 0.2) is 24.3 Å². The maximum absolute atomic E-state index is 9.82. The second-order valence-electron chi connectivity index (χ2n) is 5.05. The van der Waals surface area contributed by atoms with Gasteiger partial charge in [-0.1, -0.05) is 19.9 Å². The number of aliphatic hydroxyl groups excluding tert-OH is 1. The molecule has 0 aromatic heterocycles. The van der Waals surface area contributed by atoms with Crippen LogP contribution < -0.4 is 10.1 Å². The Bertz CT molecular complexity index is 426. The summed E-state index contributed by atoms with van der Waals surface area (Å²) in [5, 5.41) is 21.8. The molecule has 0 bridgehead atoms. The first-order chi connectivity index (χ1) is 9.02. The second-order valence-corrected chi connectivity index (χ2v) is 5.05. The Morgan fingerprint density at radius 3 is 2.74 bits per heavy atom. The predicted octanol–water partition coefficient (Wildman–Crippen LogP) is 1.93. The Labute approximate surface area is 115 Å². The molecule has 0 saturated carbocycles. The normalized spacial score (nSPS) is 13.9. The van der Waals surface area contributed by atoms with Crippen molar-refractivity contribution in [3.8, 4) is 11.8 Å². The summed E-state index contributed by atoms with van der Waals surface area (Å²) >= 11 is 0. The quantitative estimate of drug-likeness (QED) is 0.788. The zero-order valence-corrected chi connectivity index (χ0v) is 11.8. The third kappa shape index (κ3) is 5.73. The fraction of sp³-hybridized carbons (Fsp3) is 0.533. The molecule has 0 heterocycles. The Kier molecular flexibility index (Phi) is 6.34. The number of nitrogens with one attached hydrogen (secondary N) is 1. The smallest absolute Gasteiger partial charge is 0.120 e. The molecule has 0 spiro atoms. The Balaban J connectivity index is 2.33. The van der Waals surface area contributed by atoms with E-state index < -0.39 is 6.10 Å². The number of nitrogens with zero attached hydrogens (tertiary/aromatic N) is 1. The molecule has 2 N–H and O–H groups in total. The standard InChI is InChI=1S/C15H22N2O2/c1-11(2)12(3)17-9-14(18)10-19-15-6-4-5-13(7-15)8-16/h4-7,11-12,14,17-18H,9-10H2,1-3H3. The van der Waals surface area contributed by atoms with Crippen LogP contribution in [0.5, 0.6) is 5.75 Å². The van der Waals surface area contributed by atoms with Crippen molar-refractivity contribution in [2.24, 2.45) is 5.92 Å². The minimum absolute atomic E-state index is 0.215. The first-order valence-corrected chi connectivity index (χ1v) is 6.57. The van der Waals surface area contributed by atoms with Crippen molar-refractivity contribution in [3.05, 3.63) is 29.8 Å². The van der Waals surface area contributed by atoms with Gasteiger partial charge in [0, 0.05) is 12.6 Å². The van der Waals surface area contributed by atoms with E-state index >= 15 is 0 Å². The summed E-state index contributed by atoms with van der Waals surface area (Å²) < 4.78 is 5.46. The number of hydrogen-bond acceptors (Lipinski definition) is 4. The molecule has 0 amide bonds. The zero-order valence-electron chi connectivity index (χ0n) is 11.8. The van der Waals surface area contributed by atoms with Gasteiger partial charge < -0.3 is 15.2 Å². The molecule has 4 heteroatoms. The third-order valence-electron chi connectivity index (χ3n) is 3.08. The summed E-state index contributed by atoms with van der Waals surface area (Å²) in [5.74, 6) is 1.13. The lowest BCUT2D eigenvalue weighted by molar-refractivity contribution is 0.102. The minimum Gasteiger partial charge on any atom is -0.491 e. The van der Waals surface area contributed by atoms with Crippen molar-refractivity contribution in [1.82, 2.24) is 5.32 Å². The molecule has 1 rings (SSSR count). The highest BCUT2D eigenvalue weighted by atomic mass is 16.5. The van der Waals surface area contributed by atoms with E-state index in [0.29, 0.717) is 29.8 Å². The van der Waals surface area contributed by atoms with Crippen LogP contribution in [0.1, 0.15) is 26.3 Å². The lowest BCUT2D eigenvalue weighted by Crippen LogP contribution is -2.38. The summed E-state index contributed by atoms with van der Waals surface area (Å²) in [7, 11) is 0. The van der Waals surface area contributed by atoms with Gasteiger partial charge in [0.25, 0.3) is 0 Å². The van der Waals surface area contributed by atoms with Crippen LogP contribution in [-0.4, -0.2) is 30.4 Å². The predicted molar refractivity (Wildman–Crippen MR) is 75.0 cm³/mol. The molecule has 0 saturated heterocycles. The SMILES string of the molecule is CC(C)C(C)NCC(O)COc1cccc(C#N)c1. The van der Waals surface area contributed by atoms with Crippen molar-refractivity contribution >= 4 is 0 Å². The molecule has 0 aliphatic heterocycles. The molecule has 0 aliphatic carbocycles. The fourth-order valence-electron chi connectivity index (χ4n) is 1.46. The molecule has 2 unspecified atom stereocenters. The van der Waals surface area contributed by atoms with Gasteiger partial charge in [-0.3, -0.25) is 0 Å². The Morgan fingerprint density at radius 1 is 1.37 bits per heavy atom. The highest BCUT2D eigenvalue weighted by Crippen LogP contribution is 2.12. The molecular weight excluding hydrogens is 240 g/mol. The van der Waals surface area contributed by atoms with Gasteiger partial charge in [-0.05, 0) is 31.0 Å². The highest BCUT2D eigenvalue weighted by Gasteiger charge is 2.10. The van der Waals surface area contributed by atoms with E-state index in [1.165, 1.54) is 0 Å². The minimum atomic E-state index is -0.563. The fourth-order valence-corrected chi connectivity index (χ4v) is 1.46. The summed E-state index contributed by atoms with van der Waals surface area (Å²) in [6.45, 7) is 7.07. The van der Waals surface area contributed by atoms with Crippen LogP contribution in [0.2, 0.25) is 0 Å². The maximum atomic E-state index is 9.82. The lowest BCUT2D eigenvalue weighted by atomic mass is 10.1. The molecule has 4 nitrogen and oxygen atoms in total. The van der Waals surface area contributed by atoms with Gasteiger partial charge in [-0.15, -0.1) is 0 Å². The lowest BCUT2D eigenvalue weighted by Gasteiger charge is -2.20. The van der Waals surface area contributed by atoms with E-state index in [4.69, 9.17) is 10.00 Å². The third-order valence-corrected chi connectivity index (χ3v) is 3.08. The zero-order chi connectivity index (χ0) is 14.3. The molecule has 1 aromatic carbocycles. The first kappa shape index (κ1) is 15.5. The molecule has 2 atom stereocenters. The average molecular weight is 262 g/mol. The van der Waals surface area contributed by atoms with Crippen molar-refractivity contribution in [2.75, 3.05) is 13.2 Å². The number of rotatable bonds is 7. The molecule has 0 radical (unpaired) electrons. The van der Waals surface area contributed by atoms with Gasteiger partial charge in [-0.25, -0.2) is 0 Å². The highest BCUT2D eigenvalue weighted by molar-refractivity contribution is 5.36. The van der Waals surface area contributed by atoms with Gasteiger partial charge in [0.15, 0.2) is 0 Å². The van der Waals surface area contributed by atoms with Crippen molar-refractivity contribution < 1.29 is 9.84 Å². The first-order valence-electron chi connectivity index (χ1n) is 6.57. The Hall–Kier alpha value is -1.57. The van der Waals surface area contributed by atoms with Crippen LogP contribution in [0.25, 0.3) is 0 Å². The summed E-state index contributed by atoms with van der Waals surface area (Å²) in [5.41, 5.74) is 0.554. The van der Waals surface area contributed by atoms with Gasteiger partial charge in [0.05, 0.1) is 11.6 Å². The largest absolute Gasteiger partial charge is 0.491 e. The summed E-state index contributed by atoms with van der Waals surface area (Å²) in [6, 6.07) is 9.33. The van der Waals surface area contributed by atoms with Crippen LogP contribution in [0, 0.1) is 17.2 Å². The topological polar surface area (TPSA) is 65.3 Å².